The fourth-order valence-electron chi connectivity index (χ4n) is 3.12. The second kappa shape index (κ2) is 8.95. The van der Waals surface area contributed by atoms with Crippen LogP contribution in [-0.4, -0.2) is 46.8 Å². The van der Waals surface area contributed by atoms with Crippen molar-refractivity contribution in [2.75, 3.05) is 31.6 Å². The number of likely N-dealkylation sites (tertiary alicyclic amines) is 1. The number of nitrogens with zero attached hydrogens (tertiary/aromatic N) is 3. The molecule has 2 heterocycles. The number of carbonyl (C=O) groups is 1. The molecule has 3 rings (SSSR count). The van der Waals surface area contributed by atoms with E-state index < -0.39 is 11.7 Å². The van der Waals surface area contributed by atoms with E-state index in [1.807, 2.05) is 0 Å². The highest BCUT2D eigenvalue weighted by Gasteiger charge is 2.32. The van der Waals surface area contributed by atoms with Crippen LogP contribution in [-0.2, 0) is 18.0 Å². The zero-order valence-corrected chi connectivity index (χ0v) is 16.8. The topological polar surface area (TPSA) is 76.5 Å². The highest BCUT2D eigenvalue weighted by Crippen LogP contribution is 2.35. The Morgan fingerprint density at radius 1 is 1.37 bits per heavy atom. The molecule has 0 aliphatic carbocycles. The molecule has 7 nitrogen and oxygen atoms in total. The lowest BCUT2D eigenvalue weighted by atomic mass is 10.1. The van der Waals surface area contributed by atoms with E-state index in [0.717, 1.165) is 22.9 Å². The molecule has 1 N–H and O–H groups in total. The quantitative estimate of drug-likeness (QED) is 0.741. The molecule has 1 saturated heterocycles. The van der Waals surface area contributed by atoms with Gasteiger partial charge in [0.05, 0.1) is 23.7 Å². The van der Waals surface area contributed by atoms with Gasteiger partial charge in [-0.2, -0.15) is 18.3 Å². The van der Waals surface area contributed by atoms with Gasteiger partial charge in [-0.1, -0.05) is 11.6 Å². The molecule has 1 aliphatic heterocycles. The Morgan fingerprint density at radius 3 is 2.87 bits per heavy atom. The minimum Gasteiger partial charge on any atom is -0.492 e. The van der Waals surface area contributed by atoms with Crippen molar-refractivity contribution in [3.8, 4) is 5.75 Å². The Kier molecular flexibility index (Phi) is 6.55. The summed E-state index contributed by atoms with van der Waals surface area (Å²) in [6, 6.07) is 4.42. The van der Waals surface area contributed by atoms with Gasteiger partial charge in [-0.05, 0) is 30.7 Å². The van der Waals surface area contributed by atoms with Crippen molar-refractivity contribution in [2.45, 2.75) is 12.6 Å². The molecule has 1 aliphatic rings. The Morgan fingerprint density at radius 2 is 2.13 bits per heavy atom. The third kappa shape index (κ3) is 5.24. The molecule has 0 spiro atoms. The molecule has 162 valence electrons. The van der Waals surface area contributed by atoms with Crippen molar-refractivity contribution >= 4 is 23.2 Å². The first-order valence-corrected chi connectivity index (χ1v) is 9.56. The number of aromatic nitrogens is 2. The average molecular weight is 445 g/mol. The number of alkyl halides is 3. The molecule has 1 amide bonds. The first-order chi connectivity index (χ1) is 14.1. The predicted octanol–water partition coefficient (Wildman–Crippen LogP) is 2.79. The summed E-state index contributed by atoms with van der Waals surface area (Å²) >= 11 is 5.94. The van der Waals surface area contributed by atoms with E-state index in [1.165, 1.54) is 19.3 Å². The number of carbonyl (C=O) groups excluding carboxylic acids is 1. The summed E-state index contributed by atoms with van der Waals surface area (Å²) in [6.45, 7) is 1.00. The van der Waals surface area contributed by atoms with Crippen LogP contribution in [0.3, 0.4) is 0 Å². The van der Waals surface area contributed by atoms with E-state index in [4.69, 9.17) is 16.3 Å². The Bertz CT molecular complexity index is 980. The molecular weight excluding hydrogens is 425 g/mol. The molecule has 2 aromatic rings. The zero-order chi connectivity index (χ0) is 21.9. The molecule has 1 unspecified atom stereocenters. The SMILES string of the molecule is Cn1nccc(NCC(=O)N2CCC(COc3cc(C(F)(F)F)ccc3Cl)C2)c1=O. The summed E-state index contributed by atoms with van der Waals surface area (Å²) < 4.78 is 45.2. The molecule has 1 aromatic heterocycles. The molecule has 0 radical (unpaired) electrons. The van der Waals surface area contributed by atoms with E-state index in [1.54, 1.807) is 4.90 Å². The van der Waals surface area contributed by atoms with Crippen molar-refractivity contribution in [2.24, 2.45) is 13.0 Å². The predicted molar refractivity (Wildman–Crippen MR) is 105 cm³/mol. The van der Waals surface area contributed by atoms with Gasteiger partial charge in [-0.3, -0.25) is 9.59 Å². The van der Waals surface area contributed by atoms with Crippen LogP contribution in [0.2, 0.25) is 5.02 Å². The first kappa shape index (κ1) is 21.9. The normalized spacial score (nSPS) is 16.6. The Balaban J connectivity index is 1.51. The molecule has 1 aromatic carbocycles. The van der Waals surface area contributed by atoms with Gasteiger partial charge in [0.2, 0.25) is 5.91 Å². The van der Waals surface area contributed by atoms with Gasteiger partial charge in [0.1, 0.15) is 11.4 Å². The van der Waals surface area contributed by atoms with Crippen LogP contribution in [0.5, 0.6) is 5.75 Å². The maximum Gasteiger partial charge on any atom is 0.416 e. The van der Waals surface area contributed by atoms with Crippen LogP contribution in [0.25, 0.3) is 0 Å². The molecular formula is C19H20ClF3N4O3. The Labute approximate surface area is 175 Å². The molecule has 30 heavy (non-hydrogen) atoms. The number of anilines is 1. The van der Waals surface area contributed by atoms with Gasteiger partial charge < -0.3 is 15.0 Å². The lowest BCUT2D eigenvalue weighted by Gasteiger charge is -2.18. The summed E-state index contributed by atoms with van der Waals surface area (Å²) in [7, 11) is 1.51. The van der Waals surface area contributed by atoms with Gasteiger partial charge in [-0.15, -0.1) is 0 Å². The van der Waals surface area contributed by atoms with Crippen LogP contribution in [0.4, 0.5) is 18.9 Å². The fourth-order valence-corrected chi connectivity index (χ4v) is 3.29. The van der Waals surface area contributed by atoms with E-state index in [-0.39, 0.29) is 47.0 Å². The standard InChI is InChI=1S/C19H20ClF3N4O3/c1-26-18(29)15(4-6-25-26)24-9-17(28)27-7-5-12(10-27)11-30-16-8-13(19(21,22)23)2-3-14(16)20/h2-4,6,8,12,24H,5,7,9-11H2,1H3. The third-order valence-electron chi connectivity index (χ3n) is 4.81. The van der Waals surface area contributed by atoms with E-state index >= 15 is 0 Å². The maximum absolute atomic E-state index is 12.9. The first-order valence-electron chi connectivity index (χ1n) is 9.18. The summed E-state index contributed by atoms with van der Waals surface area (Å²) in [5.74, 6) is -0.256. The number of hydrogen-bond donors (Lipinski definition) is 1. The van der Waals surface area contributed by atoms with Crippen molar-refractivity contribution in [3.63, 3.8) is 0 Å². The van der Waals surface area contributed by atoms with Crippen molar-refractivity contribution in [1.29, 1.82) is 0 Å². The van der Waals surface area contributed by atoms with Crippen LogP contribution in [0.15, 0.2) is 35.3 Å². The number of amides is 1. The number of nitrogens with one attached hydrogen (secondary N) is 1. The fraction of sp³-hybridized carbons (Fsp3) is 0.421. The van der Waals surface area contributed by atoms with Crippen LogP contribution in [0, 0.1) is 5.92 Å². The van der Waals surface area contributed by atoms with Crippen LogP contribution < -0.4 is 15.6 Å². The number of benzene rings is 1. The van der Waals surface area contributed by atoms with Crippen molar-refractivity contribution in [3.05, 3.63) is 51.4 Å². The second-order valence-corrected chi connectivity index (χ2v) is 7.38. The summed E-state index contributed by atoms with van der Waals surface area (Å²) in [5.41, 5.74) is -0.895. The lowest BCUT2D eigenvalue weighted by molar-refractivity contribution is -0.137. The largest absolute Gasteiger partial charge is 0.492 e. The maximum atomic E-state index is 12.9. The summed E-state index contributed by atoms with van der Waals surface area (Å²) in [5, 5.41) is 6.71. The molecule has 0 saturated carbocycles. The number of rotatable bonds is 6. The minimum atomic E-state index is -4.48. The average Bonchev–Trinajstić information content (AvgIpc) is 3.16. The number of ether oxygens (including phenoxy) is 1. The van der Waals surface area contributed by atoms with Gasteiger partial charge in [-0.25, -0.2) is 4.68 Å². The van der Waals surface area contributed by atoms with Gasteiger partial charge in [0, 0.05) is 32.3 Å². The number of halogens is 4. The van der Waals surface area contributed by atoms with Gasteiger partial charge >= 0.3 is 6.18 Å². The monoisotopic (exact) mass is 444 g/mol. The lowest BCUT2D eigenvalue weighted by Crippen LogP contribution is -2.35. The second-order valence-electron chi connectivity index (χ2n) is 6.98. The van der Waals surface area contributed by atoms with E-state index in [0.29, 0.717) is 19.5 Å². The third-order valence-corrected chi connectivity index (χ3v) is 5.12. The zero-order valence-electron chi connectivity index (χ0n) is 16.1. The summed E-state index contributed by atoms with van der Waals surface area (Å²) in [4.78, 5) is 25.9. The van der Waals surface area contributed by atoms with E-state index in [2.05, 4.69) is 10.4 Å². The molecule has 11 heteroatoms. The smallest absolute Gasteiger partial charge is 0.416 e. The van der Waals surface area contributed by atoms with Gasteiger partial charge in [0.15, 0.2) is 0 Å². The minimum absolute atomic E-state index is 0.0339. The Hall–Kier alpha value is -2.75. The molecule has 0 bridgehead atoms. The number of aryl methyl sites for hydroxylation is 1. The van der Waals surface area contributed by atoms with Crippen molar-refractivity contribution in [1.82, 2.24) is 14.7 Å². The highest BCUT2D eigenvalue weighted by molar-refractivity contribution is 6.32. The molecule has 1 atom stereocenters. The van der Waals surface area contributed by atoms with Crippen LogP contribution >= 0.6 is 11.6 Å². The van der Waals surface area contributed by atoms with Crippen LogP contribution in [0.1, 0.15) is 12.0 Å². The molecule has 1 fully saturated rings. The highest BCUT2D eigenvalue weighted by atomic mass is 35.5. The van der Waals surface area contributed by atoms with Gasteiger partial charge in [0.25, 0.3) is 5.56 Å². The summed E-state index contributed by atoms with van der Waals surface area (Å²) in [6.07, 6.45) is -2.38. The van der Waals surface area contributed by atoms with Crippen molar-refractivity contribution < 1.29 is 22.7 Å². The number of hydrogen-bond acceptors (Lipinski definition) is 5. The van der Waals surface area contributed by atoms with E-state index in [9.17, 15) is 22.8 Å².